The Hall–Kier alpha value is -0.910. The number of nitrogens with zero attached hydrogens (tertiary/aromatic N) is 2. The molecular formula is C13H16ClN3OS. The molecule has 1 saturated carbocycles. The zero-order valence-corrected chi connectivity index (χ0v) is 12.7. The first kappa shape index (κ1) is 13.1. The second-order valence-electron chi connectivity index (χ2n) is 5.62. The van der Waals surface area contributed by atoms with Crippen LogP contribution in [0.25, 0.3) is 11.2 Å². The van der Waals surface area contributed by atoms with E-state index < -0.39 is 0 Å². The molecular weight excluding hydrogens is 282 g/mol. The molecule has 4 nitrogen and oxygen atoms in total. The molecule has 19 heavy (non-hydrogen) atoms. The SMILES string of the molecule is COC1CC(n2c(=S)[nH]c3cc(Cl)cnc32)C1(C)C. The van der Waals surface area contributed by atoms with Crippen LogP contribution in [0.2, 0.25) is 5.02 Å². The van der Waals surface area contributed by atoms with E-state index in [1.165, 1.54) is 0 Å². The van der Waals surface area contributed by atoms with Crippen LogP contribution in [0.1, 0.15) is 26.3 Å². The Labute approximate surface area is 121 Å². The lowest BCUT2D eigenvalue weighted by Crippen LogP contribution is -2.51. The van der Waals surface area contributed by atoms with Gasteiger partial charge in [-0.1, -0.05) is 25.4 Å². The third kappa shape index (κ3) is 1.83. The first-order valence-electron chi connectivity index (χ1n) is 6.23. The van der Waals surface area contributed by atoms with Crippen molar-refractivity contribution in [2.75, 3.05) is 7.11 Å². The van der Waals surface area contributed by atoms with Crippen molar-refractivity contribution in [3.05, 3.63) is 22.1 Å². The van der Waals surface area contributed by atoms with E-state index >= 15 is 0 Å². The molecule has 2 aromatic heterocycles. The molecule has 6 heteroatoms. The van der Waals surface area contributed by atoms with E-state index in [1.807, 2.05) is 6.07 Å². The van der Waals surface area contributed by atoms with Crippen LogP contribution >= 0.6 is 23.8 Å². The van der Waals surface area contributed by atoms with Gasteiger partial charge in [-0.15, -0.1) is 0 Å². The third-order valence-corrected chi connectivity index (χ3v) is 4.75. The molecule has 0 radical (unpaired) electrons. The molecule has 1 N–H and O–H groups in total. The van der Waals surface area contributed by atoms with Gasteiger partial charge in [0.15, 0.2) is 10.4 Å². The molecule has 0 aliphatic heterocycles. The minimum Gasteiger partial charge on any atom is -0.381 e. The van der Waals surface area contributed by atoms with E-state index in [0.717, 1.165) is 17.6 Å². The Morgan fingerprint density at radius 2 is 2.32 bits per heavy atom. The van der Waals surface area contributed by atoms with Crippen LogP contribution in [0.5, 0.6) is 0 Å². The summed E-state index contributed by atoms with van der Waals surface area (Å²) < 4.78 is 8.29. The lowest BCUT2D eigenvalue weighted by atomic mass is 9.64. The summed E-state index contributed by atoms with van der Waals surface area (Å²) in [4.78, 5) is 7.59. The van der Waals surface area contributed by atoms with Gasteiger partial charge in [-0.3, -0.25) is 4.57 Å². The first-order chi connectivity index (χ1) is 8.95. The van der Waals surface area contributed by atoms with Crippen LogP contribution in [0.4, 0.5) is 0 Å². The third-order valence-electron chi connectivity index (χ3n) is 4.24. The highest BCUT2D eigenvalue weighted by Gasteiger charge is 2.50. The Kier molecular flexibility index (Phi) is 2.96. The zero-order valence-electron chi connectivity index (χ0n) is 11.1. The van der Waals surface area contributed by atoms with E-state index in [4.69, 9.17) is 28.6 Å². The van der Waals surface area contributed by atoms with Crippen LogP contribution in [-0.4, -0.2) is 27.7 Å². The van der Waals surface area contributed by atoms with Gasteiger partial charge in [0.1, 0.15) is 0 Å². The number of nitrogens with one attached hydrogen (secondary N) is 1. The second-order valence-corrected chi connectivity index (χ2v) is 6.45. The molecule has 2 unspecified atom stereocenters. The molecule has 3 rings (SSSR count). The maximum absolute atomic E-state index is 5.96. The molecule has 1 aliphatic carbocycles. The van der Waals surface area contributed by atoms with Gasteiger partial charge in [-0.2, -0.15) is 0 Å². The quantitative estimate of drug-likeness (QED) is 0.859. The first-order valence-corrected chi connectivity index (χ1v) is 7.02. The van der Waals surface area contributed by atoms with E-state index in [2.05, 4.69) is 28.4 Å². The van der Waals surface area contributed by atoms with Crippen molar-refractivity contribution < 1.29 is 4.74 Å². The fraction of sp³-hybridized carbons (Fsp3) is 0.538. The lowest BCUT2D eigenvalue weighted by molar-refractivity contribution is -0.112. The Balaban J connectivity index is 2.12. The molecule has 102 valence electrons. The summed E-state index contributed by atoms with van der Waals surface area (Å²) in [6.45, 7) is 4.40. The molecule has 1 fully saturated rings. The molecule has 1 aliphatic rings. The number of imidazole rings is 1. The average Bonchev–Trinajstić information content (AvgIpc) is 2.64. The van der Waals surface area contributed by atoms with Gasteiger partial charge in [0, 0.05) is 24.8 Å². The van der Waals surface area contributed by atoms with Crippen molar-refractivity contribution in [3.63, 3.8) is 0 Å². The number of methoxy groups -OCH3 is 1. The highest BCUT2D eigenvalue weighted by Crippen LogP contribution is 2.51. The van der Waals surface area contributed by atoms with Crippen molar-refractivity contribution in [1.29, 1.82) is 0 Å². The molecule has 0 spiro atoms. The molecule has 0 saturated heterocycles. The lowest BCUT2D eigenvalue weighted by Gasteiger charge is -2.51. The fourth-order valence-electron chi connectivity index (χ4n) is 2.98. The molecule has 0 amide bonds. The number of fused-ring (bicyclic) bond motifs is 1. The maximum Gasteiger partial charge on any atom is 0.179 e. The van der Waals surface area contributed by atoms with Gasteiger partial charge < -0.3 is 9.72 Å². The number of ether oxygens (including phenoxy) is 1. The molecule has 2 aromatic rings. The van der Waals surface area contributed by atoms with Crippen LogP contribution < -0.4 is 0 Å². The summed E-state index contributed by atoms with van der Waals surface area (Å²) in [6, 6.07) is 2.16. The number of H-pyrrole nitrogens is 1. The summed E-state index contributed by atoms with van der Waals surface area (Å²) in [5.74, 6) is 0. The second kappa shape index (κ2) is 4.30. The van der Waals surface area contributed by atoms with E-state index in [-0.39, 0.29) is 11.5 Å². The Bertz CT molecular complexity index is 691. The number of hydrogen-bond donors (Lipinski definition) is 1. The summed E-state index contributed by atoms with van der Waals surface area (Å²) in [6.07, 6.45) is 2.87. The van der Waals surface area contributed by atoms with Crippen molar-refractivity contribution in [3.8, 4) is 0 Å². The summed E-state index contributed by atoms with van der Waals surface area (Å²) in [5.41, 5.74) is 1.79. The fourth-order valence-corrected chi connectivity index (χ4v) is 3.46. The summed E-state index contributed by atoms with van der Waals surface area (Å²) in [5, 5.41) is 0.610. The Morgan fingerprint density at radius 3 is 2.95 bits per heavy atom. The predicted octanol–water partition coefficient (Wildman–Crippen LogP) is 3.73. The topological polar surface area (TPSA) is 42.8 Å². The molecule has 2 atom stereocenters. The predicted molar refractivity (Wildman–Crippen MR) is 78.2 cm³/mol. The highest BCUT2D eigenvalue weighted by molar-refractivity contribution is 7.71. The van der Waals surface area contributed by atoms with Gasteiger partial charge in [-0.25, -0.2) is 4.98 Å². The normalized spacial score (nSPS) is 25.5. The van der Waals surface area contributed by atoms with Gasteiger partial charge in [-0.05, 0) is 24.7 Å². The van der Waals surface area contributed by atoms with Gasteiger partial charge in [0.25, 0.3) is 0 Å². The van der Waals surface area contributed by atoms with Crippen molar-refractivity contribution in [2.45, 2.75) is 32.4 Å². The summed E-state index contributed by atoms with van der Waals surface area (Å²) >= 11 is 11.4. The average molecular weight is 298 g/mol. The molecule has 2 heterocycles. The van der Waals surface area contributed by atoms with E-state index in [1.54, 1.807) is 13.3 Å². The Morgan fingerprint density at radius 1 is 1.58 bits per heavy atom. The number of halogens is 1. The largest absolute Gasteiger partial charge is 0.381 e. The number of pyridine rings is 1. The monoisotopic (exact) mass is 297 g/mol. The van der Waals surface area contributed by atoms with Gasteiger partial charge in [0.2, 0.25) is 0 Å². The van der Waals surface area contributed by atoms with Crippen LogP contribution in [0.3, 0.4) is 0 Å². The van der Waals surface area contributed by atoms with Crippen molar-refractivity contribution >= 4 is 35.0 Å². The number of rotatable bonds is 2. The van der Waals surface area contributed by atoms with Crippen LogP contribution in [-0.2, 0) is 4.74 Å². The summed E-state index contributed by atoms with van der Waals surface area (Å²) in [7, 11) is 1.76. The van der Waals surface area contributed by atoms with Crippen LogP contribution in [0.15, 0.2) is 12.3 Å². The maximum atomic E-state index is 5.96. The number of hydrogen-bond acceptors (Lipinski definition) is 3. The number of aromatic amines is 1. The molecule has 0 bridgehead atoms. The standard InChI is InChI=1S/C13H16ClN3OS/c1-13(2)9(5-10(13)18-3)17-11-8(16-12(17)19)4-7(14)6-15-11/h4,6,9-10H,5H2,1-3H3,(H,16,19). The minimum absolute atomic E-state index is 0.0451. The van der Waals surface area contributed by atoms with Gasteiger partial charge in [0.05, 0.1) is 16.6 Å². The van der Waals surface area contributed by atoms with Crippen molar-refractivity contribution in [1.82, 2.24) is 14.5 Å². The highest BCUT2D eigenvalue weighted by atomic mass is 35.5. The van der Waals surface area contributed by atoms with Crippen LogP contribution in [0, 0.1) is 10.2 Å². The van der Waals surface area contributed by atoms with E-state index in [9.17, 15) is 0 Å². The number of aromatic nitrogens is 3. The molecule has 0 aromatic carbocycles. The van der Waals surface area contributed by atoms with Crippen molar-refractivity contribution in [2.24, 2.45) is 5.41 Å². The van der Waals surface area contributed by atoms with Gasteiger partial charge >= 0.3 is 0 Å². The zero-order chi connectivity index (χ0) is 13.8. The minimum atomic E-state index is 0.0451. The van der Waals surface area contributed by atoms with E-state index in [0.29, 0.717) is 15.8 Å². The smallest absolute Gasteiger partial charge is 0.179 e.